The summed E-state index contributed by atoms with van der Waals surface area (Å²) in [6.45, 7) is 3.92. The molecule has 0 saturated heterocycles. The molecule has 21 heavy (non-hydrogen) atoms. The lowest BCUT2D eigenvalue weighted by atomic mass is 10.0. The minimum Gasteiger partial charge on any atom is -0.388 e. The molecule has 110 valence electrons. The van der Waals surface area contributed by atoms with Crippen LogP contribution in [-0.2, 0) is 0 Å². The number of para-hydroxylation sites is 3. The highest BCUT2D eigenvalue weighted by molar-refractivity contribution is 5.80. The van der Waals surface area contributed by atoms with Crippen molar-refractivity contribution < 1.29 is 5.11 Å². The lowest BCUT2D eigenvalue weighted by Crippen LogP contribution is -2.36. The fourth-order valence-corrected chi connectivity index (χ4v) is 2.99. The van der Waals surface area contributed by atoms with Crippen LogP contribution in [0.1, 0.15) is 25.0 Å². The summed E-state index contributed by atoms with van der Waals surface area (Å²) in [5.41, 5.74) is 4.58. The van der Waals surface area contributed by atoms with Crippen molar-refractivity contribution >= 4 is 17.1 Å². The molecular formula is C18H22N2O. The molecule has 0 aromatic heterocycles. The van der Waals surface area contributed by atoms with E-state index in [0.29, 0.717) is 0 Å². The van der Waals surface area contributed by atoms with Gasteiger partial charge in [0.1, 0.15) is 0 Å². The van der Waals surface area contributed by atoms with Crippen LogP contribution in [0.2, 0.25) is 0 Å². The molecule has 2 aromatic rings. The number of hydrogen-bond acceptors (Lipinski definition) is 3. The summed E-state index contributed by atoms with van der Waals surface area (Å²) >= 11 is 0. The smallest absolute Gasteiger partial charge is 0.0807 e. The number of aliphatic hydroxyl groups excluding tert-OH is 1. The predicted molar refractivity (Wildman–Crippen MR) is 88.4 cm³/mol. The third kappa shape index (κ3) is 2.49. The summed E-state index contributed by atoms with van der Waals surface area (Å²) in [5, 5.41) is 10.3. The quantitative estimate of drug-likeness (QED) is 0.929. The zero-order valence-electron chi connectivity index (χ0n) is 12.7. The first-order valence-electron chi connectivity index (χ1n) is 7.57. The summed E-state index contributed by atoms with van der Waals surface area (Å²) in [4.78, 5) is 4.61. The molecule has 3 heteroatoms. The minimum atomic E-state index is -0.409. The molecule has 0 unspecified atom stereocenters. The van der Waals surface area contributed by atoms with Gasteiger partial charge in [0.05, 0.1) is 17.5 Å². The molecular weight excluding hydrogens is 260 g/mol. The molecule has 0 fully saturated rings. The van der Waals surface area contributed by atoms with Crippen molar-refractivity contribution in [1.29, 1.82) is 0 Å². The van der Waals surface area contributed by atoms with Gasteiger partial charge in [-0.1, -0.05) is 37.3 Å². The topological polar surface area (TPSA) is 26.7 Å². The van der Waals surface area contributed by atoms with E-state index in [2.05, 4.69) is 47.2 Å². The highest BCUT2D eigenvalue weighted by atomic mass is 16.3. The van der Waals surface area contributed by atoms with Gasteiger partial charge in [-0.25, -0.2) is 0 Å². The van der Waals surface area contributed by atoms with Crippen LogP contribution in [0.3, 0.4) is 0 Å². The van der Waals surface area contributed by atoms with Crippen molar-refractivity contribution in [3.63, 3.8) is 0 Å². The van der Waals surface area contributed by atoms with E-state index >= 15 is 0 Å². The number of rotatable bonds is 3. The van der Waals surface area contributed by atoms with E-state index in [-0.39, 0.29) is 0 Å². The standard InChI is InChI=1S/C18H22N2O/c1-3-18(21)14-8-4-5-9-15(14)20-13-12-19(2)16-10-6-7-11-17(16)20/h4-11,18,21H,3,12-13H2,1-2H3/t18-/m0/s1. The van der Waals surface area contributed by atoms with Crippen molar-refractivity contribution in [3.8, 4) is 0 Å². The van der Waals surface area contributed by atoms with Crippen LogP contribution >= 0.6 is 0 Å². The lowest BCUT2D eigenvalue weighted by molar-refractivity contribution is 0.174. The van der Waals surface area contributed by atoms with Crippen molar-refractivity contribution in [2.75, 3.05) is 29.9 Å². The zero-order chi connectivity index (χ0) is 14.8. The fourth-order valence-electron chi connectivity index (χ4n) is 2.99. The molecule has 0 amide bonds. The van der Waals surface area contributed by atoms with Gasteiger partial charge >= 0.3 is 0 Å². The van der Waals surface area contributed by atoms with Gasteiger partial charge in [-0.2, -0.15) is 0 Å². The number of fused-ring (bicyclic) bond motifs is 1. The summed E-state index contributed by atoms with van der Waals surface area (Å²) in [6, 6.07) is 16.6. The maximum Gasteiger partial charge on any atom is 0.0807 e. The second kappa shape index (κ2) is 5.78. The van der Waals surface area contributed by atoms with Gasteiger partial charge in [0.25, 0.3) is 0 Å². The molecule has 1 atom stereocenters. The first-order valence-corrected chi connectivity index (χ1v) is 7.57. The molecule has 0 spiro atoms. The number of hydrogen-bond donors (Lipinski definition) is 1. The number of benzene rings is 2. The van der Waals surface area contributed by atoms with Gasteiger partial charge in [-0.15, -0.1) is 0 Å². The normalized spacial score (nSPS) is 15.8. The largest absolute Gasteiger partial charge is 0.388 e. The van der Waals surface area contributed by atoms with Gasteiger partial charge in [0, 0.05) is 31.4 Å². The second-order valence-corrected chi connectivity index (χ2v) is 5.54. The van der Waals surface area contributed by atoms with Crippen molar-refractivity contribution in [1.82, 2.24) is 0 Å². The zero-order valence-corrected chi connectivity index (χ0v) is 12.7. The number of aliphatic hydroxyl groups is 1. The number of anilines is 3. The lowest BCUT2D eigenvalue weighted by Gasteiger charge is -2.38. The molecule has 1 N–H and O–H groups in total. The fraction of sp³-hybridized carbons (Fsp3) is 0.333. The van der Waals surface area contributed by atoms with Crippen LogP contribution in [0.25, 0.3) is 0 Å². The van der Waals surface area contributed by atoms with E-state index in [0.717, 1.165) is 30.8 Å². The SMILES string of the molecule is CC[C@H](O)c1ccccc1N1CCN(C)c2ccccc21. The Morgan fingerprint density at radius 1 is 0.952 bits per heavy atom. The molecule has 3 rings (SSSR count). The van der Waals surface area contributed by atoms with Crippen molar-refractivity contribution in [3.05, 3.63) is 54.1 Å². The van der Waals surface area contributed by atoms with Crippen molar-refractivity contribution in [2.45, 2.75) is 19.4 Å². The predicted octanol–water partition coefficient (Wildman–Crippen LogP) is 3.72. The van der Waals surface area contributed by atoms with Gasteiger partial charge in [0.15, 0.2) is 0 Å². The van der Waals surface area contributed by atoms with E-state index in [1.165, 1.54) is 11.4 Å². The summed E-state index contributed by atoms with van der Waals surface area (Å²) < 4.78 is 0. The molecule has 1 aliphatic heterocycles. The Kier molecular flexibility index (Phi) is 3.84. The average Bonchev–Trinajstić information content (AvgIpc) is 2.55. The Hall–Kier alpha value is -2.00. The Morgan fingerprint density at radius 3 is 2.29 bits per heavy atom. The third-order valence-corrected chi connectivity index (χ3v) is 4.22. The van der Waals surface area contributed by atoms with Gasteiger partial charge in [-0.3, -0.25) is 0 Å². The molecule has 3 nitrogen and oxygen atoms in total. The first-order chi connectivity index (χ1) is 10.2. The van der Waals surface area contributed by atoms with Crippen LogP contribution in [0.15, 0.2) is 48.5 Å². The van der Waals surface area contributed by atoms with Gasteiger partial charge < -0.3 is 14.9 Å². The molecule has 1 heterocycles. The van der Waals surface area contributed by atoms with E-state index in [1.54, 1.807) is 0 Å². The maximum absolute atomic E-state index is 10.3. The van der Waals surface area contributed by atoms with Gasteiger partial charge in [-0.05, 0) is 24.6 Å². The van der Waals surface area contributed by atoms with Crippen LogP contribution in [0, 0.1) is 0 Å². The van der Waals surface area contributed by atoms with E-state index < -0.39 is 6.10 Å². The van der Waals surface area contributed by atoms with Crippen LogP contribution in [0.5, 0.6) is 0 Å². The minimum absolute atomic E-state index is 0.409. The molecule has 0 saturated carbocycles. The summed E-state index contributed by atoms with van der Waals surface area (Å²) in [6.07, 6.45) is 0.319. The molecule has 1 aliphatic rings. The third-order valence-electron chi connectivity index (χ3n) is 4.22. The maximum atomic E-state index is 10.3. The van der Waals surface area contributed by atoms with E-state index in [4.69, 9.17) is 0 Å². The highest BCUT2D eigenvalue weighted by Crippen LogP contribution is 2.39. The average molecular weight is 282 g/mol. The molecule has 0 bridgehead atoms. The highest BCUT2D eigenvalue weighted by Gasteiger charge is 2.23. The molecule has 0 aliphatic carbocycles. The van der Waals surface area contributed by atoms with E-state index in [1.807, 2.05) is 25.1 Å². The Labute approximate surface area is 126 Å². The monoisotopic (exact) mass is 282 g/mol. The van der Waals surface area contributed by atoms with Crippen LogP contribution < -0.4 is 9.80 Å². The van der Waals surface area contributed by atoms with Crippen LogP contribution in [-0.4, -0.2) is 25.2 Å². The summed E-state index contributed by atoms with van der Waals surface area (Å²) in [7, 11) is 2.13. The number of likely N-dealkylation sites (N-methyl/N-ethyl adjacent to an activating group) is 1. The number of nitrogens with zero attached hydrogens (tertiary/aromatic N) is 2. The second-order valence-electron chi connectivity index (χ2n) is 5.54. The van der Waals surface area contributed by atoms with Crippen molar-refractivity contribution in [2.24, 2.45) is 0 Å². The summed E-state index contributed by atoms with van der Waals surface area (Å²) in [5.74, 6) is 0. The van der Waals surface area contributed by atoms with Gasteiger partial charge in [0.2, 0.25) is 0 Å². The molecule has 0 radical (unpaired) electrons. The first kappa shape index (κ1) is 14.0. The Morgan fingerprint density at radius 2 is 1.57 bits per heavy atom. The molecule has 2 aromatic carbocycles. The Balaban J connectivity index is 2.08. The van der Waals surface area contributed by atoms with Crippen LogP contribution in [0.4, 0.5) is 17.1 Å². The van der Waals surface area contributed by atoms with E-state index in [9.17, 15) is 5.11 Å². The Bertz CT molecular complexity index is 626.